The molecule has 1 amide bonds. The number of nitrogens with one attached hydrogen (secondary N) is 1. The van der Waals surface area contributed by atoms with Crippen LogP contribution in [0.5, 0.6) is 11.5 Å². The van der Waals surface area contributed by atoms with Crippen LogP contribution in [0.2, 0.25) is 0 Å². The molecular weight excluding hydrogens is 501 g/mol. The van der Waals surface area contributed by atoms with Crippen molar-refractivity contribution in [2.75, 3.05) is 18.3 Å². The molecule has 0 aliphatic carbocycles. The molecule has 9 nitrogen and oxygen atoms in total. The van der Waals surface area contributed by atoms with Crippen LogP contribution in [-0.4, -0.2) is 38.7 Å². The number of halogens is 1. The largest absolute Gasteiger partial charge is 0.493 e. The van der Waals surface area contributed by atoms with Crippen LogP contribution in [0.3, 0.4) is 0 Å². The fraction of sp³-hybridized carbons (Fsp3) is 0.231. The molecule has 1 aliphatic heterocycles. The van der Waals surface area contributed by atoms with Crippen molar-refractivity contribution < 1.29 is 31.5 Å². The highest BCUT2D eigenvalue weighted by molar-refractivity contribution is 7.89. The molecule has 0 saturated heterocycles. The Hall–Kier alpha value is -4.12. The zero-order valence-electron chi connectivity index (χ0n) is 20.1. The molecule has 0 bridgehead atoms. The van der Waals surface area contributed by atoms with Crippen LogP contribution in [0.15, 0.2) is 65.1 Å². The number of benzene rings is 3. The second kappa shape index (κ2) is 9.74. The maximum absolute atomic E-state index is 13.7. The summed E-state index contributed by atoms with van der Waals surface area (Å²) in [6.45, 7) is 0.437. The Bertz CT molecular complexity index is 1570. The standard InChI is InChI=1S/C26H24FN3O6S/c1-34-22-11-8-17-14-30(26-28-20-10-9-18(27)12-23(20)36-26)21(25(31)29-37(2,32)33)13-19(17)24(22)35-15-16-6-4-3-5-7-16/h3-12,21H,13-15H2,1-2H3,(H,29,31)/t21-/m0/s1. The number of carbonyl (C=O) groups is 1. The fourth-order valence-corrected chi connectivity index (χ4v) is 4.86. The zero-order valence-corrected chi connectivity index (χ0v) is 20.9. The minimum atomic E-state index is -3.84. The number of amides is 1. The Morgan fingerprint density at radius 1 is 1.19 bits per heavy atom. The van der Waals surface area contributed by atoms with Gasteiger partial charge >= 0.3 is 0 Å². The van der Waals surface area contributed by atoms with Crippen LogP contribution >= 0.6 is 0 Å². The lowest BCUT2D eigenvalue weighted by Crippen LogP contribution is -2.51. The van der Waals surface area contributed by atoms with Gasteiger partial charge in [0.25, 0.3) is 11.9 Å². The van der Waals surface area contributed by atoms with Gasteiger partial charge in [-0.05, 0) is 29.3 Å². The Morgan fingerprint density at radius 2 is 1.97 bits per heavy atom. The van der Waals surface area contributed by atoms with Gasteiger partial charge in [-0.1, -0.05) is 36.4 Å². The molecule has 2 heterocycles. The smallest absolute Gasteiger partial charge is 0.299 e. The van der Waals surface area contributed by atoms with Gasteiger partial charge in [0.2, 0.25) is 10.0 Å². The normalized spacial score (nSPS) is 15.3. The van der Waals surface area contributed by atoms with Crippen LogP contribution in [0, 0.1) is 5.82 Å². The third-order valence-corrected chi connectivity index (χ3v) is 6.63. The Morgan fingerprint density at radius 3 is 2.70 bits per heavy atom. The Kier molecular flexibility index (Phi) is 6.46. The number of ether oxygens (including phenoxy) is 2. The minimum Gasteiger partial charge on any atom is -0.493 e. The lowest BCUT2D eigenvalue weighted by molar-refractivity contribution is -0.120. The van der Waals surface area contributed by atoms with Crippen molar-refractivity contribution in [3.8, 4) is 11.5 Å². The topological polar surface area (TPSA) is 111 Å². The van der Waals surface area contributed by atoms with Crippen molar-refractivity contribution in [1.82, 2.24) is 9.71 Å². The first kappa shape index (κ1) is 24.6. The van der Waals surface area contributed by atoms with Crippen molar-refractivity contribution in [2.24, 2.45) is 0 Å². The predicted octanol–water partition coefficient (Wildman–Crippen LogP) is 3.56. The first-order valence-electron chi connectivity index (χ1n) is 11.4. The lowest BCUT2D eigenvalue weighted by atomic mass is 9.92. The molecule has 1 atom stereocenters. The molecule has 1 N–H and O–H groups in total. The summed E-state index contributed by atoms with van der Waals surface area (Å²) in [6, 6.07) is 16.2. The molecule has 1 aromatic heterocycles. The molecule has 37 heavy (non-hydrogen) atoms. The summed E-state index contributed by atoms with van der Waals surface area (Å²) in [4.78, 5) is 19.2. The molecule has 0 spiro atoms. The van der Waals surface area contributed by atoms with Crippen LogP contribution in [-0.2, 0) is 34.4 Å². The second-order valence-corrected chi connectivity index (χ2v) is 10.5. The van der Waals surface area contributed by atoms with Gasteiger partial charge in [0.1, 0.15) is 24.0 Å². The van der Waals surface area contributed by atoms with Gasteiger partial charge in [-0.25, -0.2) is 12.8 Å². The number of oxazole rings is 1. The van der Waals surface area contributed by atoms with E-state index in [0.717, 1.165) is 17.4 Å². The number of sulfonamides is 1. The molecule has 0 fully saturated rings. The van der Waals surface area contributed by atoms with Crippen LogP contribution in [0.25, 0.3) is 11.1 Å². The van der Waals surface area contributed by atoms with E-state index in [2.05, 4.69) is 9.71 Å². The molecule has 11 heteroatoms. The highest BCUT2D eigenvalue weighted by Crippen LogP contribution is 2.40. The summed E-state index contributed by atoms with van der Waals surface area (Å²) >= 11 is 0. The summed E-state index contributed by atoms with van der Waals surface area (Å²) in [5.74, 6) is -0.278. The van der Waals surface area contributed by atoms with E-state index in [1.54, 1.807) is 11.0 Å². The fourth-order valence-electron chi connectivity index (χ4n) is 4.36. The Balaban J connectivity index is 1.56. The van der Waals surface area contributed by atoms with Crippen molar-refractivity contribution in [2.45, 2.75) is 25.6 Å². The molecule has 1 aliphatic rings. The number of carbonyl (C=O) groups excluding carboxylic acids is 1. The van der Waals surface area contributed by atoms with Gasteiger partial charge in [0, 0.05) is 24.6 Å². The number of aromatic nitrogens is 1. The molecule has 192 valence electrons. The van der Waals surface area contributed by atoms with Crippen molar-refractivity contribution >= 4 is 33.0 Å². The maximum atomic E-state index is 13.7. The summed E-state index contributed by atoms with van der Waals surface area (Å²) < 4.78 is 57.1. The number of hydrogen-bond donors (Lipinski definition) is 1. The van der Waals surface area contributed by atoms with Gasteiger partial charge < -0.3 is 18.8 Å². The number of hydrogen-bond acceptors (Lipinski definition) is 8. The molecule has 0 unspecified atom stereocenters. The van der Waals surface area contributed by atoms with Gasteiger partial charge in [-0.3, -0.25) is 9.52 Å². The monoisotopic (exact) mass is 525 g/mol. The maximum Gasteiger partial charge on any atom is 0.299 e. The molecular formula is C26H24FN3O6S. The third kappa shape index (κ3) is 5.21. The SMILES string of the molecule is COc1ccc2c(c1OCc1ccccc1)C[C@@H](C(=O)NS(C)(=O)=O)N(c1nc3ccc(F)cc3o1)C2. The first-order chi connectivity index (χ1) is 17.7. The van der Waals surface area contributed by atoms with Crippen molar-refractivity contribution in [3.05, 3.63) is 83.2 Å². The van der Waals surface area contributed by atoms with Gasteiger partial charge in [0.15, 0.2) is 17.1 Å². The van der Waals surface area contributed by atoms with E-state index in [9.17, 15) is 17.6 Å². The average molecular weight is 526 g/mol. The van der Waals surface area contributed by atoms with Crippen molar-refractivity contribution in [1.29, 1.82) is 0 Å². The zero-order chi connectivity index (χ0) is 26.2. The number of fused-ring (bicyclic) bond motifs is 2. The Labute approximate surface area is 212 Å². The summed E-state index contributed by atoms with van der Waals surface area (Å²) in [7, 11) is -2.31. The summed E-state index contributed by atoms with van der Waals surface area (Å²) in [5.41, 5.74) is 3.10. The van der Waals surface area contributed by atoms with E-state index < -0.39 is 27.8 Å². The third-order valence-electron chi connectivity index (χ3n) is 6.06. The summed E-state index contributed by atoms with van der Waals surface area (Å²) in [6.07, 6.45) is 0.997. The number of nitrogens with zero attached hydrogens (tertiary/aromatic N) is 2. The lowest BCUT2D eigenvalue weighted by Gasteiger charge is -2.35. The van der Waals surface area contributed by atoms with Gasteiger partial charge in [-0.15, -0.1) is 0 Å². The van der Waals surface area contributed by atoms with Crippen LogP contribution < -0.4 is 19.1 Å². The molecule has 4 aromatic rings. The first-order valence-corrected chi connectivity index (χ1v) is 13.3. The number of methoxy groups -OCH3 is 1. The second-order valence-electron chi connectivity index (χ2n) is 8.70. The van der Waals surface area contributed by atoms with Crippen LogP contribution in [0.1, 0.15) is 16.7 Å². The predicted molar refractivity (Wildman–Crippen MR) is 134 cm³/mol. The molecule has 0 radical (unpaired) electrons. The average Bonchev–Trinajstić information content (AvgIpc) is 3.29. The van der Waals surface area contributed by atoms with E-state index in [1.165, 1.54) is 25.3 Å². The highest BCUT2D eigenvalue weighted by Gasteiger charge is 2.37. The highest BCUT2D eigenvalue weighted by atomic mass is 32.2. The van der Waals surface area contributed by atoms with Crippen molar-refractivity contribution in [3.63, 3.8) is 0 Å². The molecule has 5 rings (SSSR count). The number of rotatable bonds is 7. The van der Waals surface area contributed by atoms with E-state index in [0.29, 0.717) is 22.6 Å². The van der Waals surface area contributed by atoms with Gasteiger partial charge in [0.05, 0.1) is 13.4 Å². The van der Waals surface area contributed by atoms with E-state index in [4.69, 9.17) is 13.9 Å². The van der Waals surface area contributed by atoms with Crippen LogP contribution in [0.4, 0.5) is 10.4 Å². The van der Waals surface area contributed by atoms with E-state index >= 15 is 0 Å². The van der Waals surface area contributed by atoms with E-state index in [1.807, 2.05) is 36.4 Å². The van der Waals surface area contributed by atoms with E-state index in [-0.39, 0.29) is 31.2 Å². The van der Waals surface area contributed by atoms with Gasteiger partial charge in [-0.2, -0.15) is 4.98 Å². The quantitative estimate of drug-likeness (QED) is 0.390. The minimum absolute atomic E-state index is 0.0717. The summed E-state index contributed by atoms with van der Waals surface area (Å²) in [5, 5.41) is 0. The molecule has 0 saturated carbocycles. The molecule has 3 aromatic carbocycles. The number of anilines is 1.